The Hall–Kier alpha value is -2.82. The molecule has 0 aliphatic rings. The number of imidazole rings is 1. The van der Waals surface area contributed by atoms with Crippen molar-refractivity contribution in [3.8, 4) is 17.0 Å². The second kappa shape index (κ2) is 6.83. The van der Waals surface area contributed by atoms with Crippen molar-refractivity contribution in [1.82, 2.24) is 9.38 Å². The van der Waals surface area contributed by atoms with Gasteiger partial charge in [-0.2, -0.15) is 0 Å². The SMILES string of the molecule is O=C(Oc1cccn2cc(-c3ccc(Cl)cc3)nc12)c1ccc(Cl)cc1. The number of fused-ring (bicyclic) bond motifs is 1. The van der Waals surface area contributed by atoms with Crippen molar-refractivity contribution in [3.05, 3.63) is 88.7 Å². The lowest BCUT2D eigenvalue weighted by molar-refractivity contribution is 0.0736. The minimum atomic E-state index is -0.467. The normalized spacial score (nSPS) is 10.8. The van der Waals surface area contributed by atoms with Gasteiger partial charge in [0.25, 0.3) is 0 Å². The fourth-order valence-electron chi connectivity index (χ4n) is 2.57. The molecule has 0 unspecified atom stereocenters. The van der Waals surface area contributed by atoms with Crippen LogP contribution in [-0.2, 0) is 0 Å². The Morgan fingerprint density at radius 1 is 0.923 bits per heavy atom. The quantitative estimate of drug-likeness (QED) is 0.437. The molecule has 6 heteroatoms. The molecule has 2 aromatic heterocycles. The molecule has 4 rings (SSSR count). The van der Waals surface area contributed by atoms with Crippen LogP contribution in [0.5, 0.6) is 5.75 Å². The largest absolute Gasteiger partial charge is 0.419 e. The second-order valence-corrected chi connectivity index (χ2v) is 6.51. The first kappa shape index (κ1) is 16.6. The molecule has 0 fully saturated rings. The topological polar surface area (TPSA) is 43.6 Å². The van der Waals surface area contributed by atoms with Crippen molar-refractivity contribution in [1.29, 1.82) is 0 Å². The average Bonchev–Trinajstić information content (AvgIpc) is 3.08. The fourth-order valence-corrected chi connectivity index (χ4v) is 2.82. The summed E-state index contributed by atoms with van der Waals surface area (Å²) < 4.78 is 7.35. The maximum Gasteiger partial charge on any atom is 0.343 e. The highest BCUT2D eigenvalue weighted by molar-refractivity contribution is 6.30. The van der Waals surface area contributed by atoms with Crippen LogP contribution < -0.4 is 4.74 Å². The summed E-state index contributed by atoms with van der Waals surface area (Å²) >= 11 is 11.8. The molecule has 0 amide bonds. The summed E-state index contributed by atoms with van der Waals surface area (Å²) in [7, 11) is 0. The molecule has 0 saturated carbocycles. The molecule has 0 spiro atoms. The van der Waals surface area contributed by atoms with Crippen molar-refractivity contribution in [2.24, 2.45) is 0 Å². The molecule has 0 saturated heterocycles. The molecular weight excluding hydrogens is 371 g/mol. The molecule has 0 aliphatic carbocycles. The molecule has 2 aromatic carbocycles. The summed E-state index contributed by atoms with van der Waals surface area (Å²) in [6.45, 7) is 0. The number of hydrogen-bond donors (Lipinski definition) is 0. The summed E-state index contributed by atoms with van der Waals surface area (Å²) in [6, 6.07) is 17.4. The van der Waals surface area contributed by atoms with Gasteiger partial charge in [-0.15, -0.1) is 0 Å². The van der Waals surface area contributed by atoms with E-state index in [1.54, 1.807) is 36.4 Å². The van der Waals surface area contributed by atoms with Crippen LogP contribution in [0.2, 0.25) is 10.0 Å². The van der Waals surface area contributed by atoms with Gasteiger partial charge in [0.15, 0.2) is 11.4 Å². The summed E-state index contributed by atoms with van der Waals surface area (Å²) in [5.74, 6) is -0.0847. The molecule has 0 bridgehead atoms. The van der Waals surface area contributed by atoms with E-state index in [1.165, 1.54) is 0 Å². The highest BCUT2D eigenvalue weighted by atomic mass is 35.5. The maximum atomic E-state index is 12.4. The molecule has 0 aliphatic heterocycles. The van der Waals surface area contributed by atoms with Gasteiger partial charge in [0.2, 0.25) is 0 Å². The van der Waals surface area contributed by atoms with Crippen molar-refractivity contribution >= 4 is 34.8 Å². The highest BCUT2D eigenvalue weighted by Crippen LogP contribution is 2.26. The van der Waals surface area contributed by atoms with E-state index < -0.39 is 5.97 Å². The lowest BCUT2D eigenvalue weighted by Gasteiger charge is -2.05. The van der Waals surface area contributed by atoms with E-state index in [2.05, 4.69) is 4.98 Å². The van der Waals surface area contributed by atoms with Crippen LogP contribution >= 0.6 is 23.2 Å². The Balaban J connectivity index is 1.68. The van der Waals surface area contributed by atoms with Crippen LogP contribution in [-0.4, -0.2) is 15.4 Å². The number of rotatable bonds is 3. The summed E-state index contributed by atoms with van der Waals surface area (Å²) in [4.78, 5) is 17.0. The number of nitrogens with zero attached hydrogens (tertiary/aromatic N) is 2. The van der Waals surface area contributed by atoms with Crippen LogP contribution in [0, 0.1) is 0 Å². The number of pyridine rings is 1. The predicted molar refractivity (Wildman–Crippen MR) is 102 cm³/mol. The van der Waals surface area contributed by atoms with Crippen LogP contribution in [0.4, 0.5) is 0 Å². The van der Waals surface area contributed by atoms with Gasteiger partial charge in [0.05, 0.1) is 11.3 Å². The molecule has 26 heavy (non-hydrogen) atoms. The van der Waals surface area contributed by atoms with Crippen LogP contribution in [0.3, 0.4) is 0 Å². The third-order valence-corrected chi connectivity index (χ3v) is 4.37. The zero-order valence-corrected chi connectivity index (χ0v) is 14.9. The van der Waals surface area contributed by atoms with Gasteiger partial charge in [-0.25, -0.2) is 9.78 Å². The first-order valence-electron chi connectivity index (χ1n) is 7.81. The van der Waals surface area contributed by atoms with E-state index in [0.717, 1.165) is 11.3 Å². The number of aromatic nitrogens is 2. The third kappa shape index (κ3) is 3.29. The maximum absolute atomic E-state index is 12.4. The fraction of sp³-hybridized carbons (Fsp3) is 0. The van der Waals surface area contributed by atoms with E-state index in [1.807, 2.05) is 41.1 Å². The number of hydrogen-bond acceptors (Lipinski definition) is 3. The van der Waals surface area contributed by atoms with E-state index in [-0.39, 0.29) is 0 Å². The molecule has 2 heterocycles. The van der Waals surface area contributed by atoms with Crippen molar-refractivity contribution in [3.63, 3.8) is 0 Å². The molecule has 0 radical (unpaired) electrons. The van der Waals surface area contributed by atoms with Crippen molar-refractivity contribution in [2.45, 2.75) is 0 Å². The molecule has 128 valence electrons. The Bertz CT molecular complexity index is 1090. The van der Waals surface area contributed by atoms with Gasteiger partial charge in [-0.3, -0.25) is 0 Å². The van der Waals surface area contributed by atoms with Gasteiger partial charge in [0, 0.05) is 28.0 Å². The standard InChI is InChI=1S/C20H12Cl2N2O2/c21-15-7-3-13(4-8-15)17-12-24-11-1-2-18(19(24)23-17)26-20(25)14-5-9-16(22)10-6-14/h1-12H. The smallest absolute Gasteiger partial charge is 0.343 e. The van der Waals surface area contributed by atoms with Gasteiger partial charge in [-0.1, -0.05) is 35.3 Å². The minimum absolute atomic E-state index is 0.382. The Morgan fingerprint density at radius 2 is 1.58 bits per heavy atom. The van der Waals surface area contributed by atoms with E-state index in [4.69, 9.17) is 27.9 Å². The first-order valence-corrected chi connectivity index (χ1v) is 8.57. The van der Waals surface area contributed by atoms with E-state index in [9.17, 15) is 4.79 Å². The van der Waals surface area contributed by atoms with E-state index in [0.29, 0.717) is 27.0 Å². The van der Waals surface area contributed by atoms with Gasteiger partial charge in [0.1, 0.15) is 0 Å². The van der Waals surface area contributed by atoms with Crippen molar-refractivity contribution in [2.75, 3.05) is 0 Å². The zero-order chi connectivity index (χ0) is 18.1. The number of halogens is 2. The summed E-state index contributed by atoms with van der Waals surface area (Å²) in [6.07, 6.45) is 3.72. The Morgan fingerprint density at radius 3 is 2.27 bits per heavy atom. The van der Waals surface area contributed by atoms with E-state index >= 15 is 0 Å². The number of carbonyl (C=O) groups excluding carboxylic acids is 1. The lowest BCUT2D eigenvalue weighted by Crippen LogP contribution is -2.09. The first-order chi connectivity index (χ1) is 12.6. The highest BCUT2D eigenvalue weighted by Gasteiger charge is 2.14. The number of esters is 1. The number of benzene rings is 2. The van der Waals surface area contributed by atoms with Gasteiger partial charge in [-0.05, 0) is 48.5 Å². The molecule has 4 nitrogen and oxygen atoms in total. The average molecular weight is 383 g/mol. The predicted octanol–water partition coefficient (Wildman–Crippen LogP) is 5.53. The van der Waals surface area contributed by atoms with Crippen LogP contribution in [0.25, 0.3) is 16.9 Å². The molecular formula is C20H12Cl2N2O2. The Labute approximate surface area is 159 Å². The third-order valence-electron chi connectivity index (χ3n) is 3.87. The van der Waals surface area contributed by atoms with Crippen LogP contribution in [0.1, 0.15) is 10.4 Å². The molecule has 0 atom stereocenters. The summed E-state index contributed by atoms with van der Waals surface area (Å²) in [5.41, 5.74) is 2.66. The monoisotopic (exact) mass is 382 g/mol. The number of ether oxygens (including phenoxy) is 1. The van der Waals surface area contributed by atoms with Crippen LogP contribution in [0.15, 0.2) is 73.1 Å². The number of carbonyl (C=O) groups is 1. The zero-order valence-electron chi connectivity index (χ0n) is 13.4. The second-order valence-electron chi connectivity index (χ2n) is 5.63. The minimum Gasteiger partial charge on any atom is -0.419 e. The summed E-state index contributed by atoms with van der Waals surface area (Å²) in [5, 5.41) is 1.22. The Kier molecular flexibility index (Phi) is 4.37. The molecule has 4 aromatic rings. The lowest BCUT2D eigenvalue weighted by atomic mass is 10.2. The van der Waals surface area contributed by atoms with Gasteiger partial charge < -0.3 is 9.14 Å². The molecule has 0 N–H and O–H groups in total. The van der Waals surface area contributed by atoms with Crippen molar-refractivity contribution < 1.29 is 9.53 Å². The van der Waals surface area contributed by atoms with Gasteiger partial charge >= 0.3 is 5.97 Å².